The largest absolute Gasteiger partial charge is 0.497 e. The average molecular weight is 430 g/mol. The lowest BCUT2D eigenvalue weighted by atomic mass is 10.1. The van der Waals surface area contributed by atoms with Crippen molar-refractivity contribution in [2.24, 2.45) is 0 Å². The summed E-state index contributed by atoms with van der Waals surface area (Å²) in [6, 6.07) is 12.2. The fraction of sp³-hybridized carbons (Fsp3) is 0.250. The lowest BCUT2D eigenvalue weighted by Crippen LogP contribution is -2.16. The second kappa shape index (κ2) is 9.88. The van der Waals surface area contributed by atoms with Gasteiger partial charge in [-0.3, -0.25) is 4.79 Å². The summed E-state index contributed by atoms with van der Waals surface area (Å²) in [4.78, 5) is 12.5. The number of carbonyl (C=O) groups is 1. The predicted molar refractivity (Wildman–Crippen MR) is 112 cm³/mol. The van der Waals surface area contributed by atoms with E-state index in [2.05, 4.69) is 10.2 Å². The first-order chi connectivity index (χ1) is 14.5. The van der Waals surface area contributed by atoms with E-state index in [1.54, 1.807) is 56.7 Å². The number of thioether (sulfide) groups is 1. The van der Waals surface area contributed by atoms with Crippen LogP contribution in [0.4, 0.5) is 0 Å². The highest BCUT2D eigenvalue weighted by molar-refractivity contribution is 7.99. The molecule has 3 rings (SSSR count). The molecule has 0 spiro atoms. The van der Waals surface area contributed by atoms with Gasteiger partial charge in [0, 0.05) is 5.56 Å². The highest BCUT2D eigenvalue weighted by Crippen LogP contribution is 2.28. The van der Waals surface area contributed by atoms with Crippen LogP contribution in [0.1, 0.15) is 16.2 Å². The monoisotopic (exact) mass is 430 g/mol. The molecule has 0 fully saturated rings. The van der Waals surface area contributed by atoms with Gasteiger partial charge in [-0.2, -0.15) is 0 Å². The van der Waals surface area contributed by atoms with Crippen LogP contribution in [0.25, 0.3) is 0 Å². The minimum Gasteiger partial charge on any atom is -0.497 e. The van der Waals surface area contributed by atoms with Crippen molar-refractivity contribution in [3.8, 4) is 23.0 Å². The molecule has 0 bridgehead atoms. The van der Waals surface area contributed by atoms with E-state index in [1.807, 2.05) is 0 Å². The summed E-state index contributed by atoms with van der Waals surface area (Å²) in [6.07, 6.45) is 0. The van der Waals surface area contributed by atoms with Crippen LogP contribution in [0.2, 0.25) is 0 Å². The molecule has 2 aromatic carbocycles. The van der Waals surface area contributed by atoms with Crippen LogP contribution >= 0.6 is 11.8 Å². The normalized spacial score (nSPS) is 10.5. The van der Waals surface area contributed by atoms with Crippen molar-refractivity contribution < 1.29 is 23.7 Å². The van der Waals surface area contributed by atoms with Crippen LogP contribution in [0, 0.1) is 0 Å². The zero-order chi connectivity index (χ0) is 21.5. The maximum Gasteiger partial charge on any atom is 0.210 e. The number of ketones is 1. The van der Waals surface area contributed by atoms with E-state index in [-0.39, 0.29) is 18.1 Å². The number of nitrogen functional groups attached to an aromatic ring is 1. The van der Waals surface area contributed by atoms with Gasteiger partial charge in [-0.25, -0.2) is 4.68 Å². The zero-order valence-electron chi connectivity index (χ0n) is 16.8. The Morgan fingerprint density at radius 3 is 2.33 bits per heavy atom. The summed E-state index contributed by atoms with van der Waals surface area (Å²) in [7, 11) is 4.66. The van der Waals surface area contributed by atoms with E-state index in [0.717, 1.165) is 5.75 Å². The van der Waals surface area contributed by atoms with E-state index in [9.17, 15) is 4.79 Å². The first-order valence-electron chi connectivity index (χ1n) is 8.90. The molecule has 0 radical (unpaired) electrons. The van der Waals surface area contributed by atoms with Gasteiger partial charge in [0.1, 0.15) is 18.1 Å². The Hall–Kier alpha value is -3.40. The highest BCUT2D eigenvalue weighted by atomic mass is 32.2. The van der Waals surface area contributed by atoms with Crippen LogP contribution < -0.4 is 24.8 Å². The number of aromatic nitrogens is 3. The van der Waals surface area contributed by atoms with E-state index in [0.29, 0.717) is 33.8 Å². The summed E-state index contributed by atoms with van der Waals surface area (Å²) < 4.78 is 22.5. The number of hydrogen-bond donors (Lipinski definition) is 1. The van der Waals surface area contributed by atoms with Crippen molar-refractivity contribution in [1.82, 2.24) is 14.9 Å². The standard InChI is InChI=1S/C20H22N4O5S/c1-26-14-5-7-15(8-6-14)29-11-19-22-23-20(24(19)21)30-12-16(25)13-4-9-17(27-2)18(10-13)28-3/h4-10H,11-12,21H2,1-3H3. The van der Waals surface area contributed by atoms with Crippen molar-refractivity contribution in [2.45, 2.75) is 11.8 Å². The molecule has 0 aliphatic carbocycles. The maximum atomic E-state index is 12.5. The van der Waals surface area contributed by atoms with Gasteiger partial charge in [-0.15, -0.1) is 10.2 Å². The number of nitrogens with zero attached hydrogens (tertiary/aromatic N) is 3. The number of methoxy groups -OCH3 is 3. The van der Waals surface area contributed by atoms with Crippen LogP contribution in [0.5, 0.6) is 23.0 Å². The summed E-state index contributed by atoms with van der Waals surface area (Å²) in [5, 5.41) is 8.49. The topological polar surface area (TPSA) is 111 Å². The molecule has 0 aliphatic rings. The first-order valence-corrected chi connectivity index (χ1v) is 9.88. The fourth-order valence-electron chi connectivity index (χ4n) is 2.55. The number of ether oxygens (including phenoxy) is 4. The SMILES string of the molecule is COc1ccc(OCc2nnc(SCC(=O)c3ccc(OC)c(OC)c3)n2N)cc1. The number of rotatable bonds is 10. The van der Waals surface area contributed by atoms with Crippen molar-refractivity contribution >= 4 is 17.5 Å². The quantitative estimate of drug-likeness (QED) is 0.295. The van der Waals surface area contributed by atoms with Gasteiger partial charge in [0.25, 0.3) is 0 Å². The van der Waals surface area contributed by atoms with Crippen LogP contribution in [-0.4, -0.2) is 47.7 Å². The van der Waals surface area contributed by atoms with Crippen molar-refractivity contribution in [3.63, 3.8) is 0 Å². The minimum atomic E-state index is -0.0972. The van der Waals surface area contributed by atoms with Crippen LogP contribution in [0.15, 0.2) is 47.6 Å². The number of hydrogen-bond acceptors (Lipinski definition) is 9. The van der Waals surface area contributed by atoms with Crippen LogP contribution in [-0.2, 0) is 6.61 Å². The number of Topliss-reactive ketones (excluding diaryl/α,β-unsaturated/α-hetero) is 1. The predicted octanol–water partition coefficient (Wildman–Crippen LogP) is 2.57. The van der Waals surface area contributed by atoms with Crippen LogP contribution in [0.3, 0.4) is 0 Å². The summed E-state index contributed by atoms with van der Waals surface area (Å²) in [6.45, 7) is 0.139. The second-order valence-corrected chi connectivity index (χ2v) is 6.96. The molecular formula is C20H22N4O5S. The molecule has 1 heterocycles. The third kappa shape index (κ3) is 4.95. The van der Waals surface area contributed by atoms with Gasteiger partial charge in [0.2, 0.25) is 5.16 Å². The zero-order valence-corrected chi connectivity index (χ0v) is 17.6. The number of nitrogens with two attached hydrogens (primary N) is 1. The molecule has 0 unspecified atom stereocenters. The fourth-order valence-corrected chi connectivity index (χ4v) is 3.32. The Balaban J connectivity index is 1.58. The third-order valence-corrected chi connectivity index (χ3v) is 5.14. The van der Waals surface area contributed by atoms with Crippen molar-refractivity contribution in [3.05, 3.63) is 53.9 Å². The molecule has 158 valence electrons. The minimum absolute atomic E-state index is 0.0972. The molecular weight excluding hydrogens is 408 g/mol. The Bertz CT molecular complexity index is 1010. The second-order valence-electron chi connectivity index (χ2n) is 6.01. The number of benzene rings is 2. The molecule has 0 saturated heterocycles. The van der Waals surface area contributed by atoms with Gasteiger partial charge >= 0.3 is 0 Å². The first kappa shape index (κ1) is 21.3. The van der Waals surface area contributed by atoms with E-state index in [1.165, 1.54) is 23.5 Å². The third-order valence-electron chi connectivity index (χ3n) is 4.20. The Morgan fingerprint density at radius 1 is 0.967 bits per heavy atom. The highest BCUT2D eigenvalue weighted by Gasteiger charge is 2.15. The molecule has 3 aromatic rings. The van der Waals surface area contributed by atoms with Gasteiger partial charge in [-0.05, 0) is 42.5 Å². The molecule has 9 nitrogen and oxygen atoms in total. The molecule has 0 aliphatic heterocycles. The molecule has 1 aromatic heterocycles. The van der Waals surface area contributed by atoms with Gasteiger partial charge in [0.15, 0.2) is 23.1 Å². The van der Waals surface area contributed by atoms with E-state index >= 15 is 0 Å². The summed E-state index contributed by atoms with van der Waals surface area (Å²) in [5.41, 5.74) is 0.506. The Morgan fingerprint density at radius 2 is 1.67 bits per heavy atom. The lowest BCUT2D eigenvalue weighted by Gasteiger charge is -2.09. The molecule has 2 N–H and O–H groups in total. The Labute approximate surface area is 178 Å². The van der Waals surface area contributed by atoms with Crippen molar-refractivity contribution in [2.75, 3.05) is 32.9 Å². The summed E-state index contributed by atoms with van der Waals surface area (Å²) in [5.74, 6) is 8.97. The molecule has 0 amide bonds. The smallest absolute Gasteiger partial charge is 0.210 e. The Kier molecular flexibility index (Phi) is 7.02. The average Bonchev–Trinajstić information content (AvgIpc) is 3.15. The van der Waals surface area contributed by atoms with E-state index < -0.39 is 0 Å². The maximum absolute atomic E-state index is 12.5. The van der Waals surface area contributed by atoms with Gasteiger partial charge in [-0.1, -0.05) is 11.8 Å². The summed E-state index contributed by atoms with van der Waals surface area (Å²) >= 11 is 1.19. The molecule has 0 atom stereocenters. The van der Waals surface area contributed by atoms with Gasteiger partial charge in [0.05, 0.1) is 27.1 Å². The number of carbonyl (C=O) groups excluding carboxylic acids is 1. The van der Waals surface area contributed by atoms with Crippen molar-refractivity contribution in [1.29, 1.82) is 0 Å². The van der Waals surface area contributed by atoms with E-state index in [4.69, 9.17) is 24.8 Å². The van der Waals surface area contributed by atoms with Gasteiger partial charge < -0.3 is 24.8 Å². The molecule has 30 heavy (non-hydrogen) atoms. The molecule has 10 heteroatoms. The molecule has 0 saturated carbocycles. The lowest BCUT2D eigenvalue weighted by molar-refractivity contribution is 0.102.